The highest BCUT2D eigenvalue weighted by molar-refractivity contribution is 7.99. The predicted molar refractivity (Wildman–Crippen MR) is 79.4 cm³/mol. The molecule has 0 saturated carbocycles. The summed E-state index contributed by atoms with van der Waals surface area (Å²) in [6, 6.07) is 6.75. The van der Waals surface area contributed by atoms with Crippen molar-refractivity contribution in [3.05, 3.63) is 34.9 Å². The van der Waals surface area contributed by atoms with Gasteiger partial charge in [-0.3, -0.25) is 4.79 Å². The van der Waals surface area contributed by atoms with Crippen LogP contribution in [0.4, 0.5) is 0 Å². The summed E-state index contributed by atoms with van der Waals surface area (Å²) in [5.41, 5.74) is 3.85. The summed E-state index contributed by atoms with van der Waals surface area (Å²) in [5, 5.41) is 3.00. The topological polar surface area (TPSA) is 38.3 Å². The smallest absolute Gasteiger partial charge is 0.230 e. The maximum atomic E-state index is 11.7. The Kier molecular flexibility index (Phi) is 5.28. The third kappa shape index (κ3) is 4.88. The highest BCUT2D eigenvalue weighted by atomic mass is 32.2. The van der Waals surface area contributed by atoms with Gasteiger partial charge in [0.2, 0.25) is 5.91 Å². The lowest BCUT2D eigenvalue weighted by molar-refractivity contribution is -0.119. The van der Waals surface area contributed by atoms with E-state index in [1.165, 1.54) is 16.7 Å². The first-order valence-electron chi connectivity index (χ1n) is 6.65. The quantitative estimate of drug-likeness (QED) is 0.899. The van der Waals surface area contributed by atoms with Gasteiger partial charge in [0, 0.05) is 12.4 Å². The molecular formula is C15H21NO2S. The third-order valence-corrected chi connectivity index (χ3v) is 4.08. The molecule has 1 aliphatic heterocycles. The molecular weight excluding hydrogens is 258 g/mol. The number of rotatable bonds is 5. The van der Waals surface area contributed by atoms with Gasteiger partial charge < -0.3 is 10.1 Å². The fourth-order valence-electron chi connectivity index (χ4n) is 2.33. The lowest BCUT2D eigenvalue weighted by atomic mass is 10.1. The molecule has 0 radical (unpaired) electrons. The summed E-state index contributed by atoms with van der Waals surface area (Å²) >= 11 is 1.66. The van der Waals surface area contributed by atoms with E-state index in [-0.39, 0.29) is 11.9 Å². The lowest BCUT2D eigenvalue weighted by Gasteiger charge is -2.10. The summed E-state index contributed by atoms with van der Waals surface area (Å²) in [6.45, 7) is 5.63. The van der Waals surface area contributed by atoms with Crippen LogP contribution in [0.5, 0.6) is 0 Å². The summed E-state index contributed by atoms with van der Waals surface area (Å²) in [6.07, 6.45) is 0.938. The number of amides is 1. The van der Waals surface area contributed by atoms with Gasteiger partial charge in [0.1, 0.15) is 0 Å². The van der Waals surface area contributed by atoms with Crippen molar-refractivity contribution in [2.24, 2.45) is 0 Å². The standard InChI is InChI=1S/C15H21NO2S/c1-11-5-12(2)7-13(6-11)9-19-10-15(17)16-14-3-4-18-8-14/h5-7,14H,3-4,8-10H2,1-2H3,(H,16,17)/t14-/m1/s1. The molecule has 0 aliphatic carbocycles. The van der Waals surface area contributed by atoms with Gasteiger partial charge in [0.15, 0.2) is 0 Å². The lowest BCUT2D eigenvalue weighted by Crippen LogP contribution is -2.36. The van der Waals surface area contributed by atoms with Crippen molar-refractivity contribution in [3.63, 3.8) is 0 Å². The summed E-state index contributed by atoms with van der Waals surface area (Å²) in [4.78, 5) is 11.7. The zero-order chi connectivity index (χ0) is 13.7. The zero-order valence-corrected chi connectivity index (χ0v) is 12.4. The second-order valence-corrected chi connectivity index (χ2v) is 6.10. The van der Waals surface area contributed by atoms with Gasteiger partial charge in [0.05, 0.1) is 18.4 Å². The molecule has 1 amide bonds. The average molecular weight is 279 g/mol. The molecule has 104 valence electrons. The number of aryl methyl sites for hydroxylation is 2. The van der Waals surface area contributed by atoms with Crippen molar-refractivity contribution in [2.75, 3.05) is 19.0 Å². The molecule has 3 nitrogen and oxygen atoms in total. The highest BCUT2D eigenvalue weighted by Crippen LogP contribution is 2.16. The maximum Gasteiger partial charge on any atom is 0.230 e. The van der Waals surface area contributed by atoms with Crippen LogP contribution in [-0.2, 0) is 15.3 Å². The number of carbonyl (C=O) groups excluding carboxylic acids is 1. The first-order valence-corrected chi connectivity index (χ1v) is 7.81. The Morgan fingerprint density at radius 2 is 2.11 bits per heavy atom. The Balaban J connectivity index is 1.71. The first-order chi connectivity index (χ1) is 9.13. The van der Waals surface area contributed by atoms with Crippen LogP contribution in [-0.4, -0.2) is 30.9 Å². The van der Waals surface area contributed by atoms with E-state index in [2.05, 4.69) is 37.4 Å². The predicted octanol–water partition coefficient (Wildman–Crippen LogP) is 2.44. The monoisotopic (exact) mass is 279 g/mol. The summed E-state index contributed by atoms with van der Waals surface area (Å²) in [7, 11) is 0. The summed E-state index contributed by atoms with van der Waals surface area (Å²) in [5.74, 6) is 1.52. The van der Waals surface area contributed by atoms with Crippen molar-refractivity contribution in [1.82, 2.24) is 5.32 Å². The Bertz CT molecular complexity index is 422. The molecule has 19 heavy (non-hydrogen) atoms. The maximum absolute atomic E-state index is 11.7. The van der Waals surface area contributed by atoms with E-state index < -0.39 is 0 Å². The van der Waals surface area contributed by atoms with Crippen LogP contribution < -0.4 is 5.32 Å². The van der Waals surface area contributed by atoms with Crippen LogP contribution in [0.3, 0.4) is 0 Å². The van der Waals surface area contributed by atoms with Gasteiger partial charge in [0.25, 0.3) is 0 Å². The fourth-order valence-corrected chi connectivity index (χ4v) is 3.10. The molecule has 0 unspecified atom stereocenters. The van der Waals surface area contributed by atoms with Crippen LogP contribution in [0, 0.1) is 13.8 Å². The Morgan fingerprint density at radius 1 is 1.37 bits per heavy atom. The molecule has 2 rings (SSSR count). The van der Waals surface area contributed by atoms with Gasteiger partial charge >= 0.3 is 0 Å². The van der Waals surface area contributed by atoms with E-state index >= 15 is 0 Å². The van der Waals surface area contributed by atoms with E-state index in [1.54, 1.807) is 11.8 Å². The third-order valence-electron chi connectivity index (χ3n) is 3.08. The number of hydrogen-bond acceptors (Lipinski definition) is 3. The number of nitrogens with one attached hydrogen (secondary N) is 1. The van der Waals surface area contributed by atoms with Crippen LogP contribution in [0.2, 0.25) is 0 Å². The number of hydrogen-bond donors (Lipinski definition) is 1. The molecule has 1 aromatic carbocycles. The molecule has 4 heteroatoms. The molecule has 0 aromatic heterocycles. The normalized spacial score (nSPS) is 18.5. The van der Waals surface area contributed by atoms with E-state index in [0.29, 0.717) is 12.4 Å². The van der Waals surface area contributed by atoms with Gasteiger partial charge in [-0.15, -0.1) is 11.8 Å². The minimum Gasteiger partial charge on any atom is -0.379 e. The van der Waals surface area contributed by atoms with E-state index in [0.717, 1.165) is 18.8 Å². The molecule has 1 saturated heterocycles. The molecule has 1 N–H and O–H groups in total. The number of ether oxygens (including phenoxy) is 1. The molecule has 1 aliphatic rings. The molecule has 1 aromatic rings. The van der Waals surface area contributed by atoms with Crippen LogP contribution in [0.1, 0.15) is 23.1 Å². The van der Waals surface area contributed by atoms with E-state index in [9.17, 15) is 4.79 Å². The van der Waals surface area contributed by atoms with Crippen molar-refractivity contribution >= 4 is 17.7 Å². The molecule has 1 heterocycles. The van der Waals surface area contributed by atoms with Crippen molar-refractivity contribution in [2.45, 2.75) is 32.1 Å². The second kappa shape index (κ2) is 6.96. The first kappa shape index (κ1) is 14.4. The largest absolute Gasteiger partial charge is 0.379 e. The summed E-state index contributed by atoms with van der Waals surface area (Å²) < 4.78 is 5.24. The Labute approximate surface area is 119 Å². The molecule has 0 bridgehead atoms. The number of thioether (sulfide) groups is 1. The van der Waals surface area contributed by atoms with Crippen LogP contribution in [0.15, 0.2) is 18.2 Å². The van der Waals surface area contributed by atoms with Crippen molar-refractivity contribution < 1.29 is 9.53 Å². The number of carbonyl (C=O) groups is 1. The molecule has 1 atom stereocenters. The van der Waals surface area contributed by atoms with Crippen LogP contribution >= 0.6 is 11.8 Å². The van der Waals surface area contributed by atoms with Crippen LogP contribution in [0.25, 0.3) is 0 Å². The van der Waals surface area contributed by atoms with Crippen molar-refractivity contribution in [3.8, 4) is 0 Å². The Hall–Kier alpha value is -1.00. The van der Waals surface area contributed by atoms with E-state index in [4.69, 9.17) is 4.74 Å². The minimum absolute atomic E-state index is 0.116. The fraction of sp³-hybridized carbons (Fsp3) is 0.533. The van der Waals surface area contributed by atoms with Gasteiger partial charge in [-0.25, -0.2) is 0 Å². The number of benzene rings is 1. The SMILES string of the molecule is Cc1cc(C)cc(CSCC(=O)N[C@@H]2CCOC2)c1. The Morgan fingerprint density at radius 3 is 2.74 bits per heavy atom. The van der Waals surface area contributed by atoms with Gasteiger partial charge in [-0.05, 0) is 25.8 Å². The second-order valence-electron chi connectivity index (χ2n) is 5.12. The zero-order valence-electron chi connectivity index (χ0n) is 11.6. The average Bonchev–Trinajstić information content (AvgIpc) is 2.80. The van der Waals surface area contributed by atoms with Crippen molar-refractivity contribution in [1.29, 1.82) is 0 Å². The minimum atomic E-state index is 0.116. The van der Waals surface area contributed by atoms with E-state index in [1.807, 2.05) is 0 Å². The van der Waals surface area contributed by atoms with Gasteiger partial charge in [-0.1, -0.05) is 29.3 Å². The van der Waals surface area contributed by atoms with Gasteiger partial charge in [-0.2, -0.15) is 0 Å². The highest BCUT2D eigenvalue weighted by Gasteiger charge is 2.17. The molecule has 1 fully saturated rings. The molecule has 0 spiro atoms.